The lowest BCUT2D eigenvalue weighted by Gasteiger charge is -2.15. The Hall–Kier alpha value is -2.98. The molecule has 138 valence electrons. The molecule has 0 aliphatic rings. The molecule has 4 heteroatoms. The minimum atomic E-state index is -0.493. The largest absolute Gasteiger partial charge is 0.497 e. The van der Waals surface area contributed by atoms with Gasteiger partial charge in [-0.15, -0.1) is 0 Å². The minimum Gasteiger partial charge on any atom is -0.497 e. The van der Waals surface area contributed by atoms with Crippen LogP contribution in [0.2, 0.25) is 0 Å². The number of benzene rings is 3. The van der Waals surface area contributed by atoms with E-state index in [0.717, 1.165) is 17.2 Å². The molecule has 0 spiro atoms. The van der Waals surface area contributed by atoms with E-state index in [4.69, 9.17) is 4.74 Å². The standard InChI is InChI=1S/C23H21FO3/c1-3-4-8-22(26)23-17-12-10-16(27-2)13-15(17)9-11-19(23)18-6-5-7-21(24)20(18)14-25/h4-13,25H,3,14H2,1-2H3/b8-4+. The Morgan fingerprint density at radius 2 is 1.96 bits per heavy atom. The van der Waals surface area contributed by atoms with Crippen LogP contribution in [0.4, 0.5) is 4.39 Å². The van der Waals surface area contributed by atoms with Gasteiger partial charge in [0.1, 0.15) is 11.6 Å². The third-order valence-electron chi connectivity index (χ3n) is 4.55. The fourth-order valence-electron chi connectivity index (χ4n) is 3.20. The predicted molar refractivity (Wildman–Crippen MR) is 106 cm³/mol. The number of rotatable bonds is 6. The van der Waals surface area contributed by atoms with Crippen LogP contribution in [0.5, 0.6) is 5.75 Å². The Balaban J connectivity index is 2.34. The van der Waals surface area contributed by atoms with Crippen LogP contribution in [0, 0.1) is 5.82 Å². The summed E-state index contributed by atoms with van der Waals surface area (Å²) < 4.78 is 19.5. The monoisotopic (exact) mass is 364 g/mol. The summed E-state index contributed by atoms with van der Waals surface area (Å²) in [6.45, 7) is 1.51. The summed E-state index contributed by atoms with van der Waals surface area (Å²) in [5, 5.41) is 11.3. The van der Waals surface area contributed by atoms with Crippen LogP contribution in [0.15, 0.2) is 60.7 Å². The van der Waals surface area contributed by atoms with Crippen LogP contribution in [0.3, 0.4) is 0 Å². The van der Waals surface area contributed by atoms with Gasteiger partial charge < -0.3 is 9.84 Å². The van der Waals surface area contributed by atoms with E-state index in [9.17, 15) is 14.3 Å². The molecule has 3 aromatic carbocycles. The molecule has 1 N–H and O–H groups in total. The molecule has 3 aromatic rings. The molecule has 0 aliphatic heterocycles. The second-order valence-electron chi connectivity index (χ2n) is 6.17. The molecule has 0 bridgehead atoms. The van der Waals surface area contributed by atoms with Crippen molar-refractivity contribution in [2.24, 2.45) is 0 Å². The number of ether oxygens (including phenoxy) is 1. The Morgan fingerprint density at radius 3 is 2.67 bits per heavy atom. The molecule has 0 saturated heterocycles. The zero-order chi connectivity index (χ0) is 19.4. The predicted octanol–water partition coefficient (Wildman–Crippen LogP) is 5.30. The molecule has 3 rings (SSSR count). The third-order valence-corrected chi connectivity index (χ3v) is 4.55. The fraction of sp³-hybridized carbons (Fsp3) is 0.174. The van der Waals surface area contributed by atoms with Crippen molar-refractivity contribution < 1.29 is 19.0 Å². The summed E-state index contributed by atoms with van der Waals surface area (Å²) in [5.74, 6) is 0.0441. The van der Waals surface area contributed by atoms with E-state index in [1.165, 1.54) is 6.07 Å². The highest BCUT2D eigenvalue weighted by molar-refractivity contribution is 6.18. The number of aliphatic hydroxyl groups excluding tert-OH is 1. The van der Waals surface area contributed by atoms with Crippen molar-refractivity contribution in [3.63, 3.8) is 0 Å². The molecule has 0 atom stereocenters. The van der Waals surface area contributed by atoms with Gasteiger partial charge in [0.2, 0.25) is 0 Å². The number of aliphatic hydroxyl groups is 1. The van der Waals surface area contributed by atoms with Gasteiger partial charge in [0.25, 0.3) is 0 Å². The summed E-state index contributed by atoms with van der Waals surface area (Å²) in [7, 11) is 1.59. The topological polar surface area (TPSA) is 46.5 Å². The van der Waals surface area contributed by atoms with Gasteiger partial charge in [-0.3, -0.25) is 4.79 Å². The zero-order valence-corrected chi connectivity index (χ0v) is 15.3. The maximum atomic E-state index is 14.2. The number of hydrogen-bond donors (Lipinski definition) is 1. The van der Waals surface area contributed by atoms with Crippen LogP contribution in [0.1, 0.15) is 29.3 Å². The van der Waals surface area contributed by atoms with E-state index in [-0.39, 0.29) is 11.3 Å². The Labute approximate surface area is 157 Å². The number of fused-ring (bicyclic) bond motifs is 1. The number of carbonyl (C=O) groups is 1. The van der Waals surface area contributed by atoms with E-state index in [1.54, 1.807) is 43.5 Å². The first-order valence-electron chi connectivity index (χ1n) is 8.81. The maximum absolute atomic E-state index is 14.2. The number of carbonyl (C=O) groups excluding carboxylic acids is 1. The minimum absolute atomic E-state index is 0.157. The number of hydrogen-bond acceptors (Lipinski definition) is 3. The van der Waals surface area contributed by atoms with Gasteiger partial charge in [-0.05, 0) is 58.7 Å². The quantitative estimate of drug-likeness (QED) is 0.477. The Morgan fingerprint density at radius 1 is 1.15 bits per heavy atom. The SMILES string of the molecule is CC/C=C/C(=O)c1c(-c2cccc(F)c2CO)ccc2cc(OC)ccc12. The lowest BCUT2D eigenvalue weighted by molar-refractivity contribution is 0.104. The van der Waals surface area contributed by atoms with Crippen LogP contribution in [-0.2, 0) is 6.61 Å². The summed E-state index contributed by atoms with van der Waals surface area (Å²) in [6.07, 6.45) is 4.08. The first-order valence-corrected chi connectivity index (χ1v) is 8.81. The summed E-state index contributed by atoms with van der Waals surface area (Å²) in [6, 6.07) is 13.8. The molecule has 0 unspecified atom stereocenters. The molecule has 0 amide bonds. The maximum Gasteiger partial charge on any atom is 0.186 e. The summed E-state index contributed by atoms with van der Waals surface area (Å²) >= 11 is 0. The molecular formula is C23H21FO3. The molecule has 0 fully saturated rings. The lowest BCUT2D eigenvalue weighted by atomic mass is 9.89. The highest BCUT2D eigenvalue weighted by Gasteiger charge is 2.18. The smallest absolute Gasteiger partial charge is 0.186 e. The van der Waals surface area contributed by atoms with Gasteiger partial charge in [-0.2, -0.15) is 0 Å². The molecule has 0 aliphatic carbocycles. The number of methoxy groups -OCH3 is 1. The van der Waals surface area contributed by atoms with Gasteiger partial charge in [0.05, 0.1) is 13.7 Å². The van der Waals surface area contributed by atoms with Crippen molar-refractivity contribution in [2.45, 2.75) is 20.0 Å². The molecule has 0 heterocycles. The summed E-state index contributed by atoms with van der Waals surface area (Å²) in [5.41, 5.74) is 1.78. The van der Waals surface area contributed by atoms with Crippen molar-refractivity contribution in [1.29, 1.82) is 0 Å². The van der Waals surface area contributed by atoms with Crippen molar-refractivity contribution in [3.8, 4) is 16.9 Å². The molecule has 0 aromatic heterocycles. The number of allylic oxidation sites excluding steroid dienone is 2. The lowest BCUT2D eigenvalue weighted by Crippen LogP contribution is -2.03. The van der Waals surface area contributed by atoms with E-state index >= 15 is 0 Å². The molecule has 0 radical (unpaired) electrons. The molecule has 0 saturated carbocycles. The second-order valence-corrected chi connectivity index (χ2v) is 6.17. The zero-order valence-electron chi connectivity index (χ0n) is 15.3. The van der Waals surface area contributed by atoms with Gasteiger partial charge in [0, 0.05) is 11.1 Å². The Kier molecular flexibility index (Phi) is 5.67. The van der Waals surface area contributed by atoms with Crippen LogP contribution in [0.25, 0.3) is 21.9 Å². The fourth-order valence-corrected chi connectivity index (χ4v) is 3.20. The number of halogens is 1. The van der Waals surface area contributed by atoms with Crippen molar-refractivity contribution in [3.05, 3.63) is 77.6 Å². The van der Waals surface area contributed by atoms with E-state index in [1.807, 2.05) is 25.1 Å². The van der Waals surface area contributed by atoms with E-state index in [0.29, 0.717) is 22.4 Å². The summed E-state index contributed by atoms with van der Waals surface area (Å²) in [4.78, 5) is 13.0. The molecule has 3 nitrogen and oxygen atoms in total. The third kappa shape index (κ3) is 3.62. The van der Waals surface area contributed by atoms with Crippen LogP contribution >= 0.6 is 0 Å². The van der Waals surface area contributed by atoms with Crippen LogP contribution < -0.4 is 4.74 Å². The number of ketones is 1. The first kappa shape index (κ1) is 18.8. The van der Waals surface area contributed by atoms with Gasteiger partial charge in [0.15, 0.2) is 5.78 Å². The van der Waals surface area contributed by atoms with E-state index < -0.39 is 12.4 Å². The Bertz CT molecular complexity index is 1020. The first-order chi connectivity index (χ1) is 13.1. The second kappa shape index (κ2) is 8.14. The van der Waals surface area contributed by atoms with Gasteiger partial charge in [-0.25, -0.2) is 4.39 Å². The highest BCUT2D eigenvalue weighted by atomic mass is 19.1. The highest BCUT2D eigenvalue weighted by Crippen LogP contribution is 2.35. The average Bonchev–Trinajstić information content (AvgIpc) is 2.70. The average molecular weight is 364 g/mol. The van der Waals surface area contributed by atoms with Gasteiger partial charge >= 0.3 is 0 Å². The molecule has 27 heavy (non-hydrogen) atoms. The normalized spacial score (nSPS) is 11.3. The van der Waals surface area contributed by atoms with Crippen LogP contribution in [-0.4, -0.2) is 18.0 Å². The van der Waals surface area contributed by atoms with Crippen molar-refractivity contribution >= 4 is 16.6 Å². The van der Waals surface area contributed by atoms with E-state index in [2.05, 4.69) is 0 Å². The van der Waals surface area contributed by atoms with Crippen molar-refractivity contribution in [2.75, 3.05) is 7.11 Å². The molecular weight excluding hydrogens is 343 g/mol. The van der Waals surface area contributed by atoms with Gasteiger partial charge in [-0.1, -0.05) is 37.3 Å². The van der Waals surface area contributed by atoms with Crippen molar-refractivity contribution in [1.82, 2.24) is 0 Å².